The Balaban J connectivity index is 2.07. The number of aliphatic hydroxyl groups is 1. The second kappa shape index (κ2) is 4.29. The molecule has 92 valence electrons. The molecule has 0 aliphatic heterocycles. The number of nitrogens with zero attached hydrogens (tertiary/aromatic N) is 1. The van der Waals surface area contributed by atoms with E-state index in [1.165, 1.54) is 0 Å². The lowest BCUT2D eigenvalue weighted by molar-refractivity contribution is 0.177. The van der Waals surface area contributed by atoms with Crippen LogP contribution in [-0.4, -0.2) is 21.6 Å². The van der Waals surface area contributed by atoms with Gasteiger partial charge in [-0.05, 0) is 6.07 Å². The van der Waals surface area contributed by atoms with Crippen molar-refractivity contribution in [1.82, 2.24) is 9.97 Å². The lowest BCUT2D eigenvalue weighted by atomic mass is 10.1. The fraction of sp³-hybridized carbons (Fsp3) is 0.154. The van der Waals surface area contributed by atoms with Gasteiger partial charge in [-0.15, -0.1) is 0 Å². The zero-order valence-corrected chi connectivity index (χ0v) is 9.63. The number of hydrogen-bond acceptors (Lipinski definition) is 4. The zero-order chi connectivity index (χ0) is 12.5. The minimum absolute atomic E-state index is 0.138. The van der Waals surface area contributed by atoms with Crippen molar-refractivity contribution in [2.24, 2.45) is 5.73 Å². The van der Waals surface area contributed by atoms with Gasteiger partial charge in [-0.25, -0.2) is 4.98 Å². The highest BCUT2D eigenvalue weighted by Crippen LogP contribution is 2.29. The van der Waals surface area contributed by atoms with E-state index in [1.807, 2.05) is 24.3 Å². The van der Waals surface area contributed by atoms with Gasteiger partial charge in [-0.2, -0.15) is 0 Å². The van der Waals surface area contributed by atoms with E-state index in [0.29, 0.717) is 5.82 Å². The second-order valence-electron chi connectivity index (χ2n) is 4.08. The fourth-order valence-corrected chi connectivity index (χ4v) is 1.94. The Morgan fingerprint density at radius 1 is 1.39 bits per heavy atom. The predicted octanol–water partition coefficient (Wildman–Crippen LogP) is 1.81. The quantitative estimate of drug-likeness (QED) is 0.654. The zero-order valence-electron chi connectivity index (χ0n) is 9.63. The average Bonchev–Trinajstić information content (AvgIpc) is 3.03. The summed E-state index contributed by atoms with van der Waals surface area (Å²) in [5.41, 5.74) is 7.95. The van der Waals surface area contributed by atoms with Crippen LogP contribution in [0.3, 0.4) is 0 Å². The molecule has 0 radical (unpaired) electrons. The van der Waals surface area contributed by atoms with Crippen molar-refractivity contribution in [2.45, 2.75) is 6.10 Å². The molecule has 1 aromatic carbocycles. The summed E-state index contributed by atoms with van der Waals surface area (Å²) in [6.07, 6.45) is 2.58. The smallest absolute Gasteiger partial charge is 0.136 e. The second-order valence-corrected chi connectivity index (χ2v) is 4.08. The average molecular weight is 243 g/mol. The van der Waals surface area contributed by atoms with E-state index in [0.717, 1.165) is 22.2 Å². The molecule has 0 saturated heterocycles. The van der Waals surface area contributed by atoms with E-state index in [4.69, 9.17) is 10.2 Å². The van der Waals surface area contributed by atoms with Crippen LogP contribution in [0.5, 0.6) is 0 Å². The topological polar surface area (TPSA) is 88.1 Å². The number of aromatic amines is 1. The SMILES string of the molecule is NCC(O)c1ncc(-c2coc3ccccc23)[nH]1. The molecule has 0 amide bonds. The van der Waals surface area contributed by atoms with Crippen molar-refractivity contribution < 1.29 is 9.52 Å². The van der Waals surface area contributed by atoms with Crippen molar-refractivity contribution in [3.05, 3.63) is 42.5 Å². The monoisotopic (exact) mass is 243 g/mol. The summed E-state index contributed by atoms with van der Waals surface area (Å²) in [4.78, 5) is 7.18. The summed E-state index contributed by atoms with van der Waals surface area (Å²) < 4.78 is 5.46. The number of fused-ring (bicyclic) bond motifs is 1. The van der Waals surface area contributed by atoms with E-state index in [-0.39, 0.29) is 6.54 Å². The Morgan fingerprint density at radius 2 is 2.22 bits per heavy atom. The Morgan fingerprint density at radius 3 is 3.06 bits per heavy atom. The van der Waals surface area contributed by atoms with E-state index in [9.17, 15) is 5.11 Å². The molecular weight excluding hydrogens is 230 g/mol. The number of rotatable bonds is 3. The van der Waals surface area contributed by atoms with Crippen LogP contribution < -0.4 is 5.73 Å². The van der Waals surface area contributed by atoms with Gasteiger partial charge >= 0.3 is 0 Å². The summed E-state index contributed by atoms with van der Waals surface area (Å²) in [6.45, 7) is 0.138. The normalized spacial score (nSPS) is 13.0. The molecular formula is C13H13N3O2. The van der Waals surface area contributed by atoms with Crippen LogP contribution in [0.25, 0.3) is 22.2 Å². The number of nitrogens with one attached hydrogen (secondary N) is 1. The molecule has 3 rings (SSSR count). The van der Waals surface area contributed by atoms with Crippen molar-refractivity contribution in [2.75, 3.05) is 6.54 Å². The summed E-state index contributed by atoms with van der Waals surface area (Å²) in [5.74, 6) is 0.470. The number of hydrogen-bond donors (Lipinski definition) is 3. The molecule has 0 fully saturated rings. The van der Waals surface area contributed by atoms with Crippen molar-refractivity contribution in [1.29, 1.82) is 0 Å². The summed E-state index contributed by atoms with van der Waals surface area (Å²) >= 11 is 0. The van der Waals surface area contributed by atoms with Gasteiger partial charge in [-0.3, -0.25) is 0 Å². The highest BCUT2D eigenvalue weighted by Gasteiger charge is 2.13. The van der Waals surface area contributed by atoms with Crippen LogP contribution >= 0.6 is 0 Å². The number of aliphatic hydroxyl groups excluding tert-OH is 1. The highest BCUT2D eigenvalue weighted by molar-refractivity contribution is 5.92. The molecule has 2 aromatic heterocycles. The van der Waals surface area contributed by atoms with Gasteiger partial charge in [0.05, 0.1) is 11.9 Å². The molecule has 1 unspecified atom stereocenters. The molecule has 5 heteroatoms. The summed E-state index contributed by atoms with van der Waals surface area (Å²) in [6, 6.07) is 7.76. The van der Waals surface area contributed by atoms with Crippen molar-refractivity contribution >= 4 is 11.0 Å². The lowest BCUT2D eigenvalue weighted by Gasteiger charge is -2.02. The molecule has 2 heterocycles. The highest BCUT2D eigenvalue weighted by atomic mass is 16.3. The van der Waals surface area contributed by atoms with Crippen LogP contribution in [0.2, 0.25) is 0 Å². The van der Waals surface area contributed by atoms with Crippen LogP contribution in [0, 0.1) is 0 Å². The van der Waals surface area contributed by atoms with E-state index in [1.54, 1.807) is 12.5 Å². The first-order chi connectivity index (χ1) is 8.79. The molecule has 0 saturated carbocycles. The molecule has 0 aliphatic rings. The third kappa shape index (κ3) is 1.70. The molecule has 5 nitrogen and oxygen atoms in total. The van der Waals surface area contributed by atoms with E-state index >= 15 is 0 Å². The Labute approximate surface area is 103 Å². The first kappa shape index (κ1) is 11.0. The van der Waals surface area contributed by atoms with Gasteiger partial charge in [0, 0.05) is 17.5 Å². The van der Waals surface area contributed by atoms with Crippen LogP contribution in [0.1, 0.15) is 11.9 Å². The van der Waals surface area contributed by atoms with Crippen LogP contribution in [0.15, 0.2) is 41.1 Å². The minimum atomic E-state index is -0.767. The van der Waals surface area contributed by atoms with Crippen LogP contribution in [0.4, 0.5) is 0 Å². The van der Waals surface area contributed by atoms with Gasteiger partial charge in [0.2, 0.25) is 0 Å². The molecule has 3 aromatic rings. The number of aromatic nitrogens is 2. The van der Waals surface area contributed by atoms with Gasteiger partial charge in [0.1, 0.15) is 23.8 Å². The molecule has 0 bridgehead atoms. The molecule has 0 aliphatic carbocycles. The number of furan rings is 1. The third-order valence-electron chi connectivity index (χ3n) is 2.91. The van der Waals surface area contributed by atoms with Crippen LogP contribution in [-0.2, 0) is 0 Å². The van der Waals surface area contributed by atoms with Gasteiger partial charge in [-0.1, -0.05) is 18.2 Å². The van der Waals surface area contributed by atoms with Crippen molar-refractivity contribution in [3.8, 4) is 11.3 Å². The van der Waals surface area contributed by atoms with E-state index in [2.05, 4.69) is 9.97 Å². The van der Waals surface area contributed by atoms with Gasteiger partial charge in [0.15, 0.2) is 0 Å². The summed E-state index contributed by atoms with van der Waals surface area (Å²) in [7, 11) is 0. The maximum atomic E-state index is 9.61. The largest absolute Gasteiger partial charge is 0.464 e. The maximum Gasteiger partial charge on any atom is 0.136 e. The standard InChI is InChI=1S/C13H13N3O2/c14-5-11(17)13-15-6-10(16-13)9-7-18-12-4-2-1-3-8(9)12/h1-4,6-7,11,17H,5,14H2,(H,15,16). The van der Waals surface area contributed by atoms with Gasteiger partial charge < -0.3 is 20.2 Å². The first-order valence-corrected chi connectivity index (χ1v) is 5.69. The number of nitrogens with two attached hydrogens (primary N) is 1. The third-order valence-corrected chi connectivity index (χ3v) is 2.91. The Hall–Kier alpha value is -2.11. The molecule has 0 spiro atoms. The molecule has 1 atom stereocenters. The summed E-state index contributed by atoms with van der Waals surface area (Å²) in [5, 5.41) is 10.6. The Bertz CT molecular complexity index is 671. The number of H-pyrrole nitrogens is 1. The number of imidazole rings is 1. The molecule has 4 N–H and O–H groups in total. The van der Waals surface area contributed by atoms with E-state index < -0.39 is 6.10 Å². The maximum absolute atomic E-state index is 9.61. The minimum Gasteiger partial charge on any atom is -0.464 e. The fourth-order valence-electron chi connectivity index (χ4n) is 1.94. The number of para-hydroxylation sites is 1. The lowest BCUT2D eigenvalue weighted by Crippen LogP contribution is -2.12. The predicted molar refractivity (Wildman–Crippen MR) is 67.8 cm³/mol. The first-order valence-electron chi connectivity index (χ1n) is 5.69. The number of benzene rings is 1. The Kier molecular flexibility index (Phi) is 2.62. The van der Waals surface area contributed by atoms with Gasteiger partial charge in [0.25, 0.3) is 0 Å². The van der Waals surface area contributed by atoms with Crippen molar-refractivity contribution in [3.63, 3.8) is 0 Å². The molecule has 18 heavy (non-hydrogen) atoms.